The van der Waals surface area contributed by atoms with Crippen LogP contribution in [-0.4, -0.2) is 55.2 Å². The quantitative estimate of drug-likeness (QED) is 0.850. The van der Waals surface area contributed by atoms with E-state index in [0.717, 1.165) is 25.2 Å². The molecule has 0 aromatic carbocycles. The van der Waals surface area contributed by atoms with Gasteiger partial charge >= 0.3 is 0 Å². The van der Waals surface area contributed by atoms with Gasteiger partial charge in [-0.15, -0.1) is 0 Å². The number of amides is 1. The highest BCUT2D eigenvalue weighted by atomic mass is 16.5. The Balaban J connectivity index is 2.03. The lowest BCUT2D eigenvalue weighted by Crippen LogP contribution is -2.42. The summed E-state index contributed by atoms with van der Waals surface area (Å²) in [7, 11) is 1.66. The molecule has 20 heavy (non-hydrogen) atoms. The van der Waals surface area contributed by atoms with Crippen molar-refractivity contribution in [3.63, 3.8) is 0 Å². The van der Waals surface area contributed by atoms with Gasteiger partial charge in [-0.1, -0.05) is 0 Å². The molecule has 5 heteroatoms. The lowest BCUT2D eigenvalue weighted by molar-refractivity contribution is 0.0679. The molecule has 1 fully saturated rings. The summed E-state index contributed by atoms with van der Waals surface area (Å²) in [5, 5.41) is 3.43. The van der Waals surface area contributed by atoms with E-state index in [9.17, 15) is 4.79 Å². The molecule has 2 rings (SSSR count). The maximum absolute atomic E-state index is 12.6. The van der Waals surface area contributed by atoms with Gasteiger partial charge in [-0.05, 0) is 38.4 Å². The molecule has 110 valence electrons. The molecule has 5 nitrogen and oxygen atoms in total. The van der Waals surface area contributed by atoms with E-state index in [1.165, 1.54) is 6.42 Å². The Morgan fingerprint density at radius 3 is 3.00 bits per heavy atom. The Morgan fingerprint density at radius 2 is 2.40 bits per heavy atom. The number of carbonyl (C=O) groups is 1. The van der Waals surface area contributed by atoms with Gasteiger partial charge in [0.2, 0.25) is 0 Å². The van der Waals surface area contributed by atoms with Crippen LogP contribution in [0.25, 0.3) is 0 Å². The first-order valence-electron chi connectivity index (χ1n) is 7.15. The maximum atomic E-state index is 12.6. The van der Waals surface area contributed by atoms with E-state index in [2.05, 4.69) is 10.3 Å². The zero-order valence-corrected chi connectivity index (χ0v) is 12.3. The Bertz CT molecular complexity index is 427. The van der Waals surface area contributed by atoms with Crippen LogP contribution in [0.2, 0.25) is 0 Å². The molecule has 0 aliphatic carbocycles. The minimum absolute atomic E-state index is 0.0308. The molecule has 1 aliphatic rings. The SMILES string of the molecule is COCCN(CC1CCCN1)C(=O)c1ccc(C)nc1. The van der Waals surface area contributed by atoms with Crippen molar-refractivity contribution in [3.05, 3.63) is 29.6 Å². The minimum Gasteiger partial charge on any atom is -0.383 e. The average Bonchev–Trinajstić information content (AvgIpc) is 2.96. The Morgan fingerprint density at radius 1 is 1.55 bits per heavy atom. The summed E-state index contributed by atoms with van der Waals surface area (Å²) in [6.45, 7) is 4.86. The molecule has 1 aromatic heterocycles. The number of rotatable bonds is 6. The largest absolute Gasteiger partial charge is 0.383 e. The van der Waals surface area contributed by atoms with Gasteiger partial charge in [-0.2, -0.15) is 0 Å². The van der Waals surface area contributed by atoms with Gasteiger partial charge in [0.25, 0.3) is 5.91 Å². The smallest absolute Gasteiger partial charge is 0.255 e. The van der Waals surface area contributed by atoms with Crippen molar-refractivity contribution in [3.8, 4) is 0 Å². The van der Waals surface area contributed by atoms with Gasteiger partial charge < -0.3 is 15.0 Å². The molecule has 1 aromatic rings. The second kappa shape index (κ2) is 7.36. The van der Waals surface area contributed by atoms with Crippen molar-refractivity contribution in [2.75, 3.05) is 33.4 Å². The molecular weight excluding hydrogens is 254 g/mol. The van der Waals surface area contributed by atoms with E-state index in [1.807, 2.05) is 24.0 Å². The summed E-state index contributed by atoms with van der Waals surface area (Å²) in [4.78, 5) is 18.6. The molecule has 0 saturated carbocycles. The Labute approximate surface area is 120 Å². The lowest BCUT2D eigenvalue weighted by Gasteiger charge is -2.25. The third kappa shape index (κ3) is 4.02. The van der Waals surface area contributed by atoms with Crippen LogP contribution in [0.3, 0.4) is 0 Å². The number of methoxy groups -OCH3 is 1. The minimum atomic E-state index is 0.0308. The van der Waals surface area contributed by atoms with E-state index < -0.39 is 0 Å². The lowest BCUT2D eigenvalue weighted by atomic mass is 10.2. The first kappa shape index (κ1) is 14.9. The van der Waals surface area contributed by atoms with Gasteiger partial charge in [0.1, 0.15) is 0 Å². The van der Waals surface area contributed by atoms with Gasteiger partial charge in [-0.25, -0.2) is 0 Å². The summed E-state index contributed by atoms with van der Waals surface area (Å²) in [6.07, 6.45) is 3.96. The fourth-order valence-electron chi connectivity index (χ4n) is 2.43. The number of aromatic nitrogens is 1. The number of hydrogen-bond donors (Lipinski definition) is 1. The molecule has 1 aliphatic heterocycles. The van der Waals surface area contributed by atoms with Crippen molar-refractivity contribution in [2.24, 2.45) is 0 Å². The highest BCUT2D eigenvalue weighted by molar-refractivity contribution is 5.93. The molecule has 2 heterocycles. The van der Waals surface area contributed by atoms with Crippen molar-refractivity contribution in [2.45, 2.75) is 25.8 Å². The number of carbonyl (C=O) groups excluding carboxylic acids is 1. The van der Waals surface area contributed by atoms with Gasteiger partial charge in [0, 0.05) is 38.1 Å². The van der Waals surface area contributed by atoms with E-state index in [1.54, 1.807) is 13.3 Å². The summed E-state index contributed by atoms with van der Waals surface area (Å²) in [6, 6.07) is 4.11. The van der Waals surface area contributed by atoms with Crippen LogP contribution in [0.4, 0.5) is 0 Å². The van der Waals surface area contributed by atoms with Crippen LogP contribution in [0.5, 0.6) is 0 Å². The van der Waals surface area contributed by atoms with Crippen LogP contribution in [-0.2, 0) is 4.74 Å². The Kier molecular flexibility index (Phi) is 5.49. The number of nitrogens with one attached hydrogen (secondary N) is 1. The predicted octanol–water partition coefficient (Wildman–Crippen LogP) is 1.23. The van der Waals surface area contributed by atoms with E-state index in [4.69, 9.17) is 4.74 Å². The van der Waals surface area contributed by atoms with Crippen LogP contribution in [0.1, 0.15) is 28.9 Å². The predicted molar refractivity (Wildman–Crippen MR) is 77.8 cm³/mol. The molecule has 1 N–H and O–H groups in total. The van der Waals surface area contributed by atoms with Gasteiger partial charge in [0.15, 0.2) is 0 Å². The van der Waals surface area contributed by atoms with Crippen LogP contribution in [0, 0.1) is 6.92 Å². The molecule has 0 radical (unpaired) electrons. The first-order valence-corrected chi connectivity index (χ1v) is 7.15. The Hall–Kier alpha value is -1.46. The van der Waals surface area contributed by atoms with E-state index in [0.29, 0.717) is 24.8 Å². The van der Waals surface area contributed by atoms with Crippen LogP contribution < -0.4 is 5.32 Å². The second-order valence-corrected chi connectivity index (χ2v) is 5.23. The zero-order valence-electron chi connectivity index (χ0n) is 12.3. The number of nitrogens with zero attached hydrogens (tertiary/aromatic N) is 2. The van der Waals surface area contributed by atoms with Crippen molar-refractivity contribution in [1.29, 1.82) is 0 Å². The van der Waals surface area contributed by atoms with Gasteiger partial charge in [-0.3, -0.25) is 9.78 Å². The highest BCUT2D eigenvalue weighted by Crippen LogP contribution is 2.10. The molecule has 1 unspecified atom stereocenters. The van der Waals surface area contributed by atoms with Crippen molar-refractivity contribution < 1.29 is 9.53 Å². The molecule has 0 spiro atoms. The normalized spacial score (nSPS) is 18.2. The fourth-order valence-corrected chi connectivity index (χ4v) is 2.43. The molecule has 1 amide bonds. The fraction of sp³-hybridized carbons (Fsp3) is 0.600. The summed E-state index contributed by atoms with van der Waals surface area (Å²) < 4.78 is 5.11. The molecular formula is C15H23N3O2. The summed E-state index contributed by atoms with van der Waals surface area (Å²) >= 11 is 0. The number of ether oxygens (including phenoxy) is 1. The highest BCUT2D eigenvalue weighted by Gasteiger charge is 2.22. The standard InChI is InChI=1S/C15H23N3O2/c1-12-5-6-13(10-17-12)15(19)18(8-9-20-2)11-14-4-3-7-16-14/h5-6,10,14,16H,3-4,7-9,11H2,1-2H3. The molecule has 1 saturated heterocycles. The topological polar surface area (TPSA) is 54.5 Å². The van der Waals surface area contributed by atoms with Crippen LogP contribution >= 0.6 is 0 Å². The molecule has 0 bridgehead atoms. The van der Waals surface area contributed by atoms with Gasteiger partial charge in [0.05, 0.1) is 12.2 Å². The van der Waals surface area contributed by atoms with Crippen molar-refractivity contribution in [1.82, 2.24) is 15.2 Å². The number of hydrogen-bond acceptors (Lipinski definition) is 4. The monoisotopic (exact) mass is 277 g/mol. The molecule has 1 atom stereocenters. The number of pyridine rings is 1. The average molecular weight is 277 g/mol. The summed E-state index contributed by atoms with van der Waals surface area (Å²) in [5.41, 5.74) is 1.56. The maximum Gasteiger partial charge on any atom is 0.255 e. The third-order valence-electron chi connectivity index (χ3n) is 3.61. The third-order valence-corrected chi connectivity index (χ3v) is 3.61. The van der Waals surface area contributed by atoms with E-state index in [-0.39, 0.29) is 5.91 Å². The number of aryl methyl sites for hydroxylation is 1. The summed E-state index contributed by atoms with van der Waals surface area (Å²) in [5.74, 6) is 0.0308. The van der Waals surface area contributed by atoms with E-state index >= 15 is 0 Å². The first-order chi connectivity index (χ1) is 9.70. The van der Waals surface area contributed by atoms with Crippen molar-refractivity contribution >= 4 is 5.91 Å². The second-order valence-electron chi connectivity index (χ2n) is 5.23. The zero-order chi connectivity index (χ0) is 14.4. The van der Waals surface area contributed by atoms with Crippen LogP contribution in [0.15, 0.2) is 18.3 Å².